The lowest BCUT2D eigenvalue weighted by Gasteiger charge is -2.10. The number of aryl methyl sites for hydroxylation is 2. The number of hydrogen-bond acceptors (Lipinski definition) is 3. The van der Waals surface area contributed by atoms with Gasteiger partial charge in [-0.05, 0) is 36.6 Å². The fourth-order valence-electron chi connectivity index (χ4n) is 2.89. The van der Waals surface area contributed by atoms with Gasteiger partial charge in [0.2, 0.25) is 11.8 Å². The first-order chi connectivity index (χ1) is 12.6. The zero-order chi connectivity index (χ0) is 18.5. The Labute approximate surface area is 152 Å². The van der Waals surface area contributed by atoms with Crippen LogP contribution in [0.3, 0.4) is 0 Å². The molecule has 2 amide bonds. The summed E-state index contributed by atoms with van der Waals surface area (Å²) in [5, 5.41) is 6.42. The molecule has 3 rings (SSSR count). The molecule has 26 heavy (non-hydrogen) atoms. The predicted octanol–water partition coefficient (Wildman–Crippen LogP) is 3.60. The van der Waals surface area contributed by atoms with Gasteiger partial charge in [-0.1, -0.05) is 37.3 Å². The Morgan fingerprint density at radius 2 is 1.85 bits per heavy atom. The van der Waals surface area contributed by atoms with E-state index in [4.69, 9.17) is 4.42 Å². The molecule has 134 valence electrons. The van der Waals surface area contributed by atoms with Crippen LogP contribution >= 0.6 is 0 Å². The van der Waals surface area contributed by atoms with Gasteiger partial charge in [-0.3, -0.25) is 9.59 Å². The highest BCUT2D eigenvalue weighted by Crippen LogP contribution is 2.22. The third-order valence-corrected chi connectivity index (χ3v) is 4.28. The topological polar surface area (TPSA) is 71.3 Å². The van der Waals surface area contributed by atoms with Gasteiger partial charge >= 0.3 is 0 Å². The van der Waals surface area contributed by atoms with Gasteiger partial charge in [-0.2, -0.15) is 0 Å². The molecule has 3 aromatic rings. The van der Waals surface area contributed by atoms with Gasteiger partial charge in [-0.25, -0.2) is 0 Å². The lowest BCUT2D eigenvalue weighted by Crippen LogP contribution is -2.33. The number of rotatable bonds is 6. The maximum absolute atomic E-state index is 12.2. The summed E-state index contributed by atoms with van der Waals surface area (Å²) in [6.45, 7) is 3.96. The van der Waals surface area contributed by atoms with Gasteiger partial charge in [0.1, 0.15) is 5.58 Å². The van der Waals surface area contributed by atoms with E-state index in [0.717, 1.165) is 39.8 Å². The number of nitrogens with one attached hydrogen (secondary N) is 2. The monoisotopic (exact) mass is 350 g/mol. The van der Waals surface area contributed by atoms with E-state index in [9.17, 15) is 9.59 Å². The second kappa shape index (κ2) is 7.87. The molecule has 0 aliphatic carbocycles. The third kappa shape index (κ3) is 4.11. The van der Waals surface area contributed by atoms with Gasteiger partial charge in [0.05, 0.1) is 19.2 Å². The Morgan fingerprint density at radius 1 is 1.04 bits per heavy atom. The van der Waals surface area contributed by atoms with E-state index in [2.05, 4.69) is 10.6 Å². The van der Waals surface area contributed by atoms with Crippen LogP contribution in [0.15, 0.2) is 53.1 Å². The van der Waals surface area contributed by atoms with Crippen molar-refractivity contribution in [2.75, 3.05) is 11.9 Å². The van der Waals surface area contributed by atoms with Crippen LogP contribution in [0.5, 0.6) is 0 Å². The summed E-state index contributed by atoms with van der Waals surface area (Å²) in [6.07, 6.45) is 2.60. The molecule has 0 bridgehead atoms. The molecule has 0 radical (unpaired) electrons. The molecule has 5 nitrogen and oxygen atoms in total. The molecule has 0 aliphatic rings. The number of amides is 2. The van der Waals surface area contributed by atoms with Crippen LogP contribution in [0.25, 0.3) is 11.0 Å². The number of hydrogen-bond donors (Lipinski definition) is 2. The van der Waals surface area contributed by atoms with E-state index in [1.807, 2.05) is 56.3 Å². The molecular weight excluding hydrogens is 328 g/mol. The number of para-hydroxylation sites is 1. The number of furan rings is 1. The summed E-state index contributed by atoms with van der Waals surface area (Å²) in [5.41, 5.74) is 4.53. The minimum absolute atomic E-state index is 0.0637. The van der Waals surface area contributed by atoms with Gasteiger partial charge in [0, 0.05) is 16.6 Å². The molecule has 0 saturated carbocycles. The average Bonchev–Trinajstić information content (AvgIpc) is 3.02. The maximum Gasteiger partial charge on any atom is 0.243 e. The number of carbonyl (C=O) groups is 2. The number of benzene rings is 2. The largest absolute Gasteiger partial charge is 0.464 e. The van der Waals surface area contributed by atoms with E-state index in [1.165, 1.54) is 0 Å². The number of anilines is 1. The zero-order valence-corrected chi connectivity index (χ0v) is 15.0. The normalized spacial score (nSPS) is 10.7. The molecule has 5 heteroatoms. The van der Waals surface area contributed by atoms with Crippen molar-refractivity contribution in [1.29, 1.82) is 0 Å². The number of carbonyl (C=O) groups excluding carboxylic acids is 2. The fraction of sp³-hybridized carbons (Fsp3) is 0.238. The quantitative estimate of drug-likeness (QED) is 0.713. The Morgan fingerprint density at radius 3 is 2.65 bits per heavy atom. The summed E-state index contributed by atoms with van der Waals surface area (Å²) < 4.78 is 5.50. The molecule has 1 heterocycles. The molecule has 0 aliphatic heterocycles. The predicted molar refractivity (Wildman–Crippen MR) is 102 cm³/mol. The highest BCUT2D eigenvalue weighted by atomic mass is 16.3. The Balaban J connectivity index is 1.55. The van der Waals surface area contributed by atoms with Crippen molar-refractivity contribution in [3.05, 3.63) is 65.4 Å². The van der Waals surface area contributed by atoms with Crippen LogP contribution in [0.4, 0.5) is 5.69 Å². The van der Waals surface area contributed by atoms with E-state index >= 15 is 0 Å². The standard InChI is InChI=1S/C21H22N2O3/c1-3-15-6-4-5-7-18(15)23-21(25)12-22-20(24)11-16-13-26-19-10-14(2)8-9-17(16)19/h4-10,13H,3,11-12H2,1-2H3,(H,22,24)(H,23,25). The highest BCUT2D eigenvalue weighted by molar-refractivity contribution is 5.96. The minimum atomic E-state index is -0.244. The van der Waals surface area contributed by atoms with Crippen molar-refractivity contribution in [3.63, 3.8) is 0 Å². The zero-order valence-electron chi connectivity index (χ0n) is 15.0. The van der Waals surface area contributed by atoms with Crippen LogP contribution in [-0.4, -0.2) is 18.4 Å². The van der Waals surface area contributed by atoms with E-state index in [1.54, 1.807) is 6.26 Å². The van der Waals surface area contributed by atoms with E-state index in [-0.39, 0.29) is 24.8 Å². The van der Waals surface area contributed by atoms with Crippen molar-refractivity contribution >= 4 is 28.5 Å². The summed E-state index contributed by atoms with van der Waals surface area (Å²) >= 11 is 0. The summed E-state index contributed by atoms with van der Waals surface area (Å²) in [7, 11) is 0. The first-order valence-corrected chi connectivity index (χ1v) is 8.68. The van der Waals surface area contributed by atoms with Gasteiger partial charge in [0.15, 0.2) is 0 Å². The van der Waals surface area contributed by atoms with E-state index < -0.39 is 0 Å². The first kappa shape index (κ1) is 17.7. The van der Waals surface area contributed by atoms with Crippen molar-refractivity contribution in [1.82, 2.24) is 5.32 Å². The maximum atomic E-state index is 12.2. The number of fused-ring (bicyclic) bond motifs is 1. The first-order valence-electron chi connectivity index (χ1n) is 8.68. The van der Waals surface area contributed by atoms with Gasteiger partial charge < -0.3 is 15.1 Å². The van der Waals surface area contributed by atoms with Crippen LogP contribution < -0.4 is 10.6 Å². The lowest BCUT2D eigenvalue weighted by molar-refractivity contribution is -0.123. The molecule has 0 unspecified atom stereocenters. The molecular formula is C21H22N2O3. The second-order valence-electron chi connectivity index (χ2n) is 6.27. The summed E-state index contributed by atoms with van der Waals surface area (Å²) in [4.78, 5) is 24.3. The fourth-order valence-corrected chi connectivity index (χ4v) is 2.89. The molecule has 0 atom stereocenters. The SMILES string of the molecule is CCc1ccccc1NC(=O)CNC(=O)Cc1coc2cc(C)ccc12. The van der Waals surface area contributed by atoms with E-state index in [0.29, 0.717) is 0 Å². The molecule has 2 N–H and O–H groups in total. The van der Waals surface area contributed by atoms with Crippen LogP contribution in [0, 0.1) is 6.92 Å². The molecule has 0 spiro atoms. The van der Waals surface area contributed by atoms with Gasteiger partial charge in [-0.15, -0.1) is 0 Å². The molecule has 2 aromatic carbocycles. The Bertz CT molecular complexity index is 943. The second-order valence-corrected chi connectivity index (χ2v) is 6.27. The Hall–Kier alpha value is -3.08. The minimum Gasteiger partial charge on any atom is -0.464 e. The molecule has 1 aromatic heterocycles. The van der Waals surface area contributed by atoms with Gasteiger partial charge in [0.25, 0.3) is 0 Å². The summed E-state index contributed by atoms with van der Waals surface area (Å²) in [5.74, 6) is -0.459. The Kier molecular flexibility index (Phi) is 5.37. The average molecular weight is 350 g/mol. The smallest absolute Gasteiger partial charge is 0.243 e. The van der Waals surface area contributed by atoms with Crippen molar-refractivity contribution in [2.45, 2.75) is 26.7 Å². The van der Waals surface area contributed by atoms with Crippen LogP contribution in [0.2, 0.25) is 0 Å². The van der Waals surface area contributed by atoms with Crippen LogP contribution in [0.1, 0.15) is 23.6 Å². The van der Waals surface area contributed by atoms with Crippen molar-refractivity contribution < 1.29 is 14.0 Å². The van der Waals surface area contributed by atoms with Crippen molar-refractivity contribution in [3.8, 4) is 0 Å². The lowest BCUT2D eigenvalue weighted by atomic mass is 10.1. The molecule has 0 fully saturated rings. The van der Waals surface area contributed by atoms with Crippen LogP contribution in [-0.2, 0) is 22.4 Å². The van der Waals surface area contributed by atoms with Crippen molar-refractivity contribution in [2.24, 2.45) is 0 Å². The highest BCUT2D eigenvalue weighted by Gasteiger charge is 2.12. The summed E-state index contributed by atoms with van der Waals surface area (Å²) in [6, 6.07) is 13.5. The molecule has 0 saturated heterocycles. The third-order valence-electron chi connectivity index (χ3n) is 4.28.